The minimum atomic E-state index is -0.579. The molecule has 1 fully saturated rings. The average Bonchev–Trinajstić information content (AvgIpc) is 3.10. The molecule has 2 aromatic carbocycles. The number of fused-ring (bicyclic) bond motifs is 1. The van der Waals surface area contributed by atoms with Crippen molar-refractivity contribution in [3.8, 4) is 5.75 Å². The van der Waals surface area contributed by atoms with Crippen LogP contribution in [0.5, 0.6) is 5.75 Å². The van der Waals surface area contributed by atoms with Crippen molar-refractivity contribution in [1.29, 1.82) is 0 Å². The molecule has 7 nitrogen and oxygen atoms in total. The van der Waals surface area contributed by atoms with Gasteiger partial charge >= 0.3 is 11.8 Å². The summed E-state index contributed by atoms with van der Waals surface area (Å²) in [5.41, 5.74) is 2.98. The summed E-state index contributed by atoms with van der Waals surface area (Å²) >= 11 is 0. The van der Waals surface area contributed by atoms with Crippen LogP contribution in [0.15, 0.2) is 53.6 Å². The van der Waals surface area contributed by atoms with Crippen molar-refractivity contribution in [3.63, 3.8) is 0 Å². The molecule has 0 aromatic heterocycles. The van der Waals surface area contributed by atoms with Gasteiger partial charge in [-0.05, 0) is 42.0 Å². The van der Waals surface area contributed by atoms with Gasteiger partial charge in [-0.15, -0.1) is 0 Å². The van der Waals surface area contributed by atoms with Crippen molar-refractivity contribution in [2.24, 2.45) is 5.11 Å². The molecule has 0 aliphatic carbocycles. The molecule has 2 aromatic rings. The molecule has 0 saturated carbocycles. The summed E-state index contributed by atoms with van der Waals surface area (Å²) < 4.78 is 6.50. The Morgan fingerprint density at radius 1 is 1.11 bits per heavy atom. The molecule has 1 unspecified atom stereocenters. The van der Waals surface area contributed by atoms with Crippen LogP contribution in [0, 0.1) is 6.92 Å². The lowest BCUT2D eigenvalue weighted by Crippen LogP contribution is -2.51. The number of anilines is 1. The molecule has 2 heterocycles. The number of azo groups is 2. The summed E-state index contributed by atoms with van der Waals surface area (Å²) in [6, 6.07) is 15.5. The lowest BCUT2D eigenvalue weighted by molar-refractivity contribution is -0.534. The Morgan fingerprint density at radius 2 is 1.85 bits per heavy atom. The van der Waals surface area contributed by atoms with Gasteiger partial charge in [0.25, 0.3) is 6.29 Å². The molecular formula is C20H21N4O3+. The van der Waals surface area contributed by atoms with Crippen LogP contribution in [-0.4, -0.2) is 47.9 Å². The topological polar surface area (TPSA) is 65.2 Å². The standard InChI is InChI=1S/C20H21N4O3/c1-14-4-3-5-15(12-14)13-24-19(26)18(25)23-11-10-22(20(23)21-24)16-6-8-17(27-2)9-7-16/h3-9,12,20H,10-11,13H2,1-2H3/q+1. The van der Waals surface area contributed by atoms with Gasteiger partial charge in [0.2, 0.25) is 6.54 Å². The van der Waals surface area contributed by atoms with Crippen LogP contribution < -0.4 is 9.64 Å². The normalized spacial score (nSPS) is 19.2. The fourth-order valence-electron chi connectivity index (χ4n) is 3.49. The van der Waals surface area contributed by atoms with Gasteiger partial charge in [-0.25, -0.2) is 4.79 Å². The highest BCUT2D eigenvalue weighted by Crippen LogP contribution is 2.28. The van der Waals surface area contributed by atoms with E-state index in [2.05, 4.69) is 5.11 Å². The van der Waals surface area contributed by atoms with E-state index in [0.29, 0.717) is 13.1 Å². The predicted octanol–water partition coefficient (Wildman–Crippen LogP) is 2.14. The summed E-state index contributed by atoms with van der Waals surface area (Å²) in [6.45, 7) is 3.38. The highest BCUT2D eigenvalue weighted by molar-refractivity contribution is 6.31. The summed E-state index contributed by atoms with van der Waals surface area (Å²) in [6.07, 6.45) is -0.506. The van der Waals surface area contributed by atoms with E-state index in [4.69, 9.17) is 4.74 Å². The number of benzene rings is 2. The van der Waals surface area contributed by atoms with Gasteiger partial charge in [0.05, 0.1) is 7.11 Å². The Hall–Kier alpha value is -3.22. The van der Waals surface area contributed by atoms with Crippen molar-refractivity contribution in [1.82, 2.24) is 4.90 Å². The lowest BCUT2D eigenvalue weighted by atomic mass is 10.1. The maximum atomic E-state index is 12.6. The van der Waals surface area contributed by atoms with E-state index in [9.17, 15) is 9.59 Å². The average molecular weight is 365 g/mol. The van der Waals surface area contributed by atoms with Crippen LogP contribution in [0.3, 0.4) is 0 Å². The minimum Gasteiger partial charge on any atom is -0.497 e. The monoisotopic (exact) mass is 365 g/mol. The van der Waals surface area contributed by atoms with E-state index in [1.165, 1.54) is 9.60 Å². The number of carbonyl (C=O) groups is 2. The van der Waals surface area contributed by atoms with Gasteiger partial charge in [0.15, 0.2) is 0 Å². The third kappa shape index (κ3) is 3.16. The van der Waals surface area contributed by atoms with Gasteiger partial charge in [0, 0.05) is 29.5 Å². The molecule has 0 N–H and O–H groups in total. The van der Waals surface area contributed by atoms with Crippen LogP contribution >= 0.6 is 0 Å². The zero-order chi connectivity index (χ0) is 19.0. The van der Waals surface area contributed by atoms with E-state index < -0.39 is 18.1 Å². The number of carbonyl (C=O) groups excluding carboxylic acids is 2. The number of nitrogens with zero attached hydrogens (tertiary/aromatic N) is 4. The Bertz CT molecular complexity index is 923. The molecule has 1 atom stereocenters. The van der Waals surface area contributed by atoms with Gasteiger partial charge < -0.3 is 9.64 Å². The number of amides is 2. The Morgan fingerprint density at radius 3 is 2.56 bits per heavy atom. The zero-order valence-corrected chi connectivity index (χ0v) is 15.3. The SMILES string of the molecule is COc1ccc(N2CCN3C(=O)C(=O)[N+](Cc4cccc(C)c4)=NC32)cc1. The number of hydrogen-bond donors (Lipinski definition) is 0. The molecule has 4 rings (SSSR count). The van der Waals surface area contributed by atoms with Crippen molar-refractivity contribution >= 4 is 17.5 Å². The summed E-state index contributed by atoms with van der Waals surface area (Å²) in [4.78, 5) is 28.6. The fourth-order valence-corrected chi connectivity index (χ4v) is 3.49. The van der Waals surface area contributed by atoms with Crippen LogP contribution in [0.4, 0.5) is 5.69 Å². The molecule has 0 radical (unpaired) electrons. The Kier molecular flexibility index (Phi) is 4.35. The predicted molar refractivity (Wildman–Crippen MR) is 98.4 cm³/mol. The second-order valence-electron chi connectivity index (χ2n) is 6.70. The largest absolute Gasteiger partial charge is 0.502 e. The first-order valence-corrected chi connectivity index (χ1v) is 8.86. The van der Waals surface area contributed by atoms with Crippen LogP contribution in [-0.2, 0) is 16.1 Å². The molecule has 7 heteroatoms. The molecule has 27 heavy (non-hydrogen) atoms. The van der Waals surface area contributed by atoms with Gasteiger partial charge in [0.1, 0.15) is 5.75 Å². The molecule has 138 valence electrons. The smallest absolute Gasteiger partial charge is 0.497 e. The molecule has 2 aliphatic heterocycles. The number of hydrogen-bond acceptors (Lipinski definition) is 5. The van der Waals surface area contributed by atoms with E-state index in [1.54, 1.807) is 7.11 Å². The van der Waals surface area contributed by atoms with Crippen LogP contribution in [0.25, 0.3) is 0 Å². The summed E-state index contributed by atoms with van der Waals surface area (Å²) in [5, 5.41) is 4.58. The van der Waals surface area contributed by atoms with Gasteiger partial charge in [-0.1, -0.05) is 23.8 Å². The minimum absolute atomic E-state index is 0.285. The fraction of sp³-hybridized carbons (Fsp3) is 0.300. The lowest BCUT2D eigenvalue weighted by Gasteiger charge is -2.27. The van der Waals surface area contributed by atoms with Crippen molar-refractivity contribution in [3.05, 3.63) is 59.7 Å². The number of rotatable bonds is 4. The van der Waals surface area contributed by atoms with Gasteiger partial charge in [-0.2, -0.15) is 0 Å². The van der Waals surface area contributed by atoms with Crippen molar-refractivity contribution < 1.29 is 19.0 Å². The first kappa shape index (κ1) is 17.2. The second kappa shape index (κ2) is 6.83. The highest BCUT2D eigenvalue weighted by atomic mass is 16.5. The van der Waals surface area contributed by atoms with Crippen LogP contribution in [0.2, 0.25) is 0 Å². The van der Waals surface area contributed by atoms with E-state index in [-0.39, 0.29) is 6.54 Å². The zero-order valence-electron chi connectivity index (χ0n) is 15.3. The van der Waals surface area contributed by atoms with Crippen molar-refractivity contribution in [2.75, 3.05) is 25.1 Å². The highest BCUT2D eigenvalue weighted by Gasteiger charge is 2.49. The Balaban J connectivity index is 1.64. The number of ether oxygens (including phenoxy) is 1. The molecule has 0 bridgehead atoms. The van der Waals surface area contributed by atoms with Gasteiger partial charge in [-0.3, -0.25) is 9.69 Å². The first-order chi connectivity index (χ1) is 13.1. The maximum Gasteiger partial charge on any atom is 0.502 e. The summed E-state index contributed by atoms with van der Waals surface area (Å²) in [5.74, 6) is -0.314. The van der Waals surface area contributed by atoms with E-state index in [1.807, 2.05) is 60.4 Å². The summed E-state index contributed by atoms with van der Waals surface area (Å²) in [7, 11) is 1.62. The maximum absolute atomic E-state index is 12.6. The van der Waals surface area contributed by atoms with E-state index >= 15 is 0 Å². The molecular weight excluding hydrogens is 344 g/mol. The molecule has 2 amide bonds. The molecule has 1 saturated heterocycles. The number of aryl methyl sites for hydroxylation is 1. The third-order valence-corrected chi connectivity index (χ3v) is 4.88. The second-order valence-corrected chi connectivity index (χ2v) is 6.70. The number of methoxy groups -OCH3 is 1. The third-order valence-electron chi connectivity index (χ3n) is 4.88. The molecule has 2 aliphatic rings. The van der Waals surface area contributed by atoms with Crippen LogP contribution in [0.1, 0.15) is 11.1 Å². The molecule has 0 spiro atoms. The quantitative estimate of drug-likeness (QED) is 0.615. The Labute approximate surface area is 157 Å². The first-order valence-electron chi connectivity index (χ1n) is 8.86. The van der Waals surface area contributed by atoms with E-state index in [0.717, 1.165) is 22.6 Å². The van der Waals surface area contributed by atoms with Crippen molar-refractivity contribution in [2.45, 2.75) is 19.8 Å².